The summed E-state index contributed by atoms with van der Waals surface area (Å²) in [5.74, 6) is -0.365. The van der Waals surface area contributed by atoms with Crippen LogP contribution in [0.2, 0.25) is 6.04 Å². The van der Waals surface area contributed by atoms with E-state index in [9.17, 15) is 4.79 Å². The molecule has 0 unspecified atom stereocenters. The standard InChI is InChI=1S/C17H26O4Si/c1-5-20-22(21-6-2,13-12-19-17(18)15(3)4)14-16-10-8-7-9-11-16/h7-11H,3,5-6,12-14H2,1-2,4H3. The number of hydrogen-bond donors (Lipinski definition) is 0. The topological polar surface area (TPSA) is 44.8 Å². The molecule has 0 saturated carbocycles. The third-order valence-corrected chi connectivity index (χ3v) is 6.74. The lowest BCUT2D eigenvalue weighted by atomic mass is 10.2. The summed E-state index contributed by atoms with van der Waals surface area (Å²) < 4.78 is 17.3. The molecule has 0 fully saturated rings. The zero-order chi connectivity index (χ0) is 16.4. The Morgan fingerprint density at radius 3 is 2.23 bits per heavy atom. The van der Waals surface area contributed by atoms with Gasteiger partial charge in [-0.1, -0.05) is 36.9 Å². The third-order valence-electron chi connectivity index (χ3n) is 3.20. The summed E-state index contributed by atoms with van der Waals surface area (Å²) in [6.07, 6.45) is 0. The number of carbonyl (C=O) groups is 1. The van der Waals surface area contributed by atoms with Crippen molar-refractivity contribution in [2.45, 2.75) is 32.9 Å². The van der Waals surface area contributed by atoms with Gasteiger partial charge in [0.2, 0.25) is 0 Å². The van der Waals surface area contributed by atoms with E-state index in [1.165, 1.54) is 5.56 Å². The largest absolute Gasteiger partial charge is 0.462 e. The Labute approximate surface area is 134 Å². The van der Waals surface area contributed by atoms with Crippen molar-refractivity contribution >= 4 is 14.5 Å². The van der Waals surface area contributed by atoms with Gasteiger partial charge in [-0.3, -0.25) is 0 Å². The summed E-state index contributed by atoms with van der Waals surface area (Å²) >= 11 is 0. The molecule has 22 heavy (non-hydrogen) atoms. The third kappa shape index (κ3) is 6.13. The van der Waals surface area contributed by atoms with E-state index in [0.717, 1.165) is 6.04 Å². The van der Waals surface area contributed by atoms with E-state index in [0.29, 0.717) is 31.4 Å². The molecule has 0 N–H and O–H groups in total. The van der Waals surface area contributed by atoms with Crippen LogP contribution in [0.15, 0.2) is 42.5 Å². The molecule has 0 saturated heterocycles. The maximum atomic E-state index is 11.5. The maximum Gasteiger partial charge on any atom is 0.346 e. The quantitative estimate of drug-likeness (QED) is 0.376. The van der Waals surface area contributed by atoms with Crippen LogP contribution in [-0.2, 0) is 24.4 Å². The van der Waals surface area contributed by atoms with Gasteiger partial charge < -0.3 is 13.6 Å². The van der Waals surface area contributed by atoms with Gasteiger partial charge >= 0.3 is 14.5 Å². The fourth-order valence-corrected chi connectivity index (χ4v) is 5.31. The average molecular weight is 322 g/mol. The summed E-state index contributed by atoms with van der Waals surface area (Å²) in [5, 5.41) is 0. The highest BCUT2D eigenvalue weighted by atomic mass is 28.4. The first-order valence-electron chi connectivity index (χ1n) is 7.67. The molecule has 1 rings (SSSR count). The molecular weight excluding hydrogens is 296 g/mol. The smallest absolute Gasteiger partial charge is 0.346 e. The Morgan fingerprint density at radius 2 is 1.73 bits per heavy atom. The minimum absolute atomic E-state index is 0.296. The summed E-state index contributed by atoms with van der Waals surface area (Å²) in [4.78, 5) is 11.5. The molecule has 0 bridgehead atoms. The Balaban J connectivity index is 2.76. The van der Waals surface area contributed by atoms with Crippen LogP contribution in [0.1, 0.15) is 26.3 Å². The van der Waals surface area contributed by atoms with Gasteiger partial charge in [0.25, 0.3) is 0 Å². The second kappa shape index (κ2) is 9.56. The lowest BCUT2D eigenvalue weighted by Crippen LogP contribution is -2.46. The van der Waals surface area contributed by atoms with Crippen molar-refractivity contribution in [3.63, 3.8) is 0 Å². The molecule has 0 aromatic heterocycles. The van der Waals surface area contributed by atoms with Gasteiger partial charge in [-0.2, -0.15) is 0 Å². The molecule has 5 heteroatoms. The van der Waals surface area contributed by atoms with Crippen molar-refractivity contribution in [2.24, 2.45) is 0 Å². The van der Waals surface area contributed by atoms with Crippen LogP contribution in [-0.4, -0.2) is 34.4 Å². The lowest BCUT2D eigenvalue weighted by Gasteiger charge is -2.30. The first kappa shape index (κ1) is 18.6. The fourth-order valence-electron chi connectivity index (χ4n) is 2.23. The summed E-state index contributed by atoms with van der Waals surface area (Å²) in [6.45, 7) is 10.6. The second-order valence-electron chi connectivity index (χ2n) is 5.11. The molecule has 0 aliphatic heterocycles. The van der Waals surface area contributed by atoms with Gasteiger partial charge in [-0.15, -0.1) is 0 Å². The first-order valence-corrected chi connectivity index (χ1v) is 9.90. The van der Waals surface area contributed by atoms with Gasteiger partial charge in [0.05, 0.1) is 6.61 Å². The molecule has 0 atom stereocenters. The van der Waals surface area contributed by atoms with E-state index in [1.807, 2.05) is 32.0 Å². The highest BCUT2D eigenvalue weighted by molar-refractivity contribution is 6.67. The van der Waals surface area contributed by atoms with Gasteiger partial charge in [0.1, 0.15) is 0 Å². The molecule has 0 heterocycles. The van der Waals surface area contributed by atoms with Gasteiger partial charge in [-0.05, 0) is 26.3 Å². The Bertz CT molecular complexity index is 467. The predicted octanol–water partition coefficient (Wildman–Crippen LogP) is 3.40. The minimum atomic E-state index is -2.44. The molecule has 0 aliphatic rings. The molecule has 1 aromatic carbocycles. The van der Waals surface area contributed by atoms with Crippen molar-refractivity contribution in [2.75, 3.05) is 19.8 Å². The SMILES string of the molecule is C=C(C)C(=O)OCC[Si](Cc1ccccc1)(OCC)OCC. The maximum absolute atomic E-state index is 11.5. The van der Waals surface area contributed by atoms with E-state index in [-0.39, 0.29) is 5.97 Å². The summed E-state index contributed by atoms with van der Waals surface area (Å²) in [7, 11) is -2.44. The molecule has 1 aromatic rings. The highest BCUT2D eigenvalue weighted by Crippen LogP contribution is 2.20. The van der Waals surface area contributed by atoms with Crippen LogP contribution in [0.5, 0.6) is 0 Å². The van der Waals surface area contributed by atoms with Crippen molar-refractivity contribution in [1.29, 1.82) is 0 Å². The molecule has 0 amide bonds. The summed E-state index contributed by atoms with van der Waals surface area (Å²) in [5.41, 5.74) is 1.59. The Hall–Kier alpha value is -1.43. The molecule has 0 radical (unpaired) electrons. The van der Waals surface area contributed by atoms with E-state index >= 15 is 0 Å². The van der Waals surface area contributed by atoms with Crippen LogP contribution < -0.4 is 0 Å². The van der Waals surface area contributed by atoms with Crippen molar-refractivity contribution < 1.29 is 18.4 Å². The zero-order valence-electron chi connectivity index (χ0n) is 13.8. The molecule has 0 aliphatic carbocycles. The van der Waals surface area contributed by atoms with Crippen molar-refractivity contribution in [3.8, 4) is 0 Å². The zero-order valence-corrected chi connectivity index (χ0v) is 14.8. The van der Waals surface area contributed by atoms with E-state index in [2.05, 4.69) is 18.7 Å². The monoisotopic (exact) mass is 322 g/mol. The van der Waals surface area contributed by atoms with Gasteiger partial charge in [0.15, 0.2) is 0 Å². The number of hydrogen-bond acceptors (Lipinski definition) is 4. The van der Waals surface area contributed by atoms with Crippen LogP contribution in [0, 0.1) is 0 Å². The fraction of sp³-hybridized carbons (Fsp3) is 0.471. The molecule has 4 nitrogen and oxygen atoms in total. The van der Waals surface area contributed by atoms with Crippen molar-refractivity contribution in [1.82, 2.24) is 0 Å². The normalized spacial score (nSPS) is 11.2. The summed E-state index contributed by atoms with van der Waals surface area (Å²) in [6, 6.07) is 11.5. The van der Waals surface area contributed by atoms with Gasteiger partial charge in [-0.25, -0.2) is 4.79 Å². The Morgan fingerprint density at radius 1 is 1.14 bits per heavy atom. The minimum Gasteiger partial charge on any atom is -0.462 e. The van der Waals surface area contributed by atoms with Crippen molar-refractivity contribution in [3.05, 3.63) is 48.0 Å². The van der Waals surface area contributed by atoms with Crippen LogP contribution >= 0.6 is 0 Å². The van der Waals surface area contributed by atoms with Crippen LogP contribution in [0.4, 0.5) is 0 Å². The lowest BCUT2D eigenvalue weighted by molar-refractivity contribution is -0.138. The van der Waals surface area contributed by atoms with E-state index in [1.54, 1.807) is 6.92 Å². The number of ether oxygens (including phenoxy) is 1. The average Bonchev–Trinajstić information content (AvgIpc) is 2.48. The van der Waals surface area contributed by atoms with Gasteiger partial charge in [0, 0.05) is 30.9 Å². The number of esters is 1. The first-order chi connectivity index (χ1) is 10.5. The number of rotatable bonds is 10. The number of benzene rings is 1. The molecular formula is C17H26O4Si. The Kier molecular flexibility index (Phi) is 8.09. The predicted molar refractivity (Wildman–Crippen MR) is 89.7 cm³/mol. The van der Waals surface area contributed by atoms with Crippen LogP contribution in [0.3, 0.4) is 0 Å². The van der Waals surface area contributed by atoms with Crippen LogP contribution in [0.25, 0.3) is 0 Å². The highest BCUT2D eigenvalue weighted by Gasteiger charge is 2.37. The molecule has 122 valence electrons. The van der Waals surface area contributed by atoms with E-state index in [4.69, 9.17) is 13.6 Å². The second-order valence-corrected chi connectivity index (χ2v) is 8.36. The molecule has 0 spiro atoms. The van der Waals surface area contributed by atoms with E-state index < -0.39 is 8.56 Å². The number of carbonyl (C=O) groups excluding carboxylic acids is 1.